The lowest BCUT2D eigenvalue weighted by Crippen LogP contribution is -2.39. The predicted molar refractivity (Wildman–Crippen MR) is 163 cm³/mol. The number of aryl methyl sites for hydroxylation is 1. The fourth-order valence-electron chi connectivity index (χ4n) is 5.77. The van der Waals surface area contributed by atoms with Crippen LogP contribution in [0.15, 0.2) is 29.1 Å². The summed E-state index contributed by atoms with van der Waals surface area (Å²) in [6.45, 7) is 15.0. The standard InChI is InChI=1S/C30H41N3O3S2/c1-5-30(4,37)20-29(2,3)9-8-21-18-24-28(26(27(21)34)33-12-16-36-17-13-33)38-25-19-22(6-7-23(25)31-24)32-10-14-35-15-11-32/h6-7,18-19,37H,5,8-17,20H2,1-4H3. The lowest BCUT2D eigenvalue weighted by atomic mass is 9.77. The van der Waals surface area contributed by atoms with Crippen molar-refractivity contribution in [1.29, 1.82) is 0 Å². The van der Waals surface area contributed by atoms with Crippen molar-refractivity contribution in [3.63, 3.8) is 0 Å². The second-order valence-corrected chi connectivity index (χ2v) is 13.9. The molecule has 0 N–H and O–H groups in total. The maximum atomic E-state index is 14.1. The van der Waals surface area contributed by atoms with Gasteiger partial charge in [0.15, 0.2) is 0 Å². The van der Waals surface area contributed by atoms with Gasteiger partial charge >= 0.3 is 0 Å². The Morgan fingerprint density at radius 1 is 1.00 bits per heavy atom. The molecule has 0 saturated carbocycles. The molecule has 3 aliphatic heterocycles. The third kappa shape index (κ3) is 6.14. The Bertz CT molecular complexity index is 1290. The minimum Gasteiger partial charge on any atom is -0.378 e. The van der Waals surface area contributed by atoms with Gasteiger partial charge in [-0.05, 0) is 55.4 Å². The molecule has 0 aromatic heterocycles. The molecule has 6 nitrogen and oxygen atoms in total. The van der Waals surface area contributed by atoms with Gasteiger partial charge < -0.3 is 19.3 Å². The van der Waals surface area contributed by atoms with E-state index in [-0.39, 0.29) is 15.6 Å². The highest BCUT2D eigenvalue weighted by atomic mass is 32.1. The van der Waals surface area contributed by atoms with E-state index in [0.29, 0.717) is 13.2 Å². The number of aromatic nitrogens is 1. The fraction of sp³-hybridized carbons (Fsp3) is 0.600. The largest absolute Gasteiger partial charge is 0.378 e. The Hall–Kier alpha value is -1.87. The summed E-state index contributed by atoms with van der Waals surface area (Å²) in [6.07, 6.45) is 3.71. The molecule has 0 spiro atoms. The molecule has 5 rings (SSSR count). The molecule has 38 heavy (non-hydrogen) atoms. The lowest BCUT2D eigenvalue weighted by molar-refractivity contribution is 0.122. The Balaban J connectivity index is 1.55. The van der Waals surface area contributed by atoms with Crippen LogP contribution in [0.3, 0.4) is 0 Å². The molecule has 2 saturated heterocycles. The van der Waals surface area contributed by atoms with Gasteiger partial charge in [-0.2, -0.15) is 12.6 Å². The highest BCUT2D eigenvalue weighted by molar-refractivity contribution is 7.81. The summed E-state index contributed by atoms with van der Waals surface area (Å²) >= 11 is 6.59. The van der Waals surface area contributed by atoms with E-state index in [1.54, 1.807) is 11.3 Å². The Morgan fingerprint density at radius 3 is 2.32 bits per heavy atom. The molecular formula is C30H41N3O3S2. The first-order chi connectivity index (χ1) is 18.2. The second kappa shape index (κ2) is 11.3. The number of hydrogen-bond donors (Lipinski definition) is 1. The smallest absolute Gasteiger partial charge is 0.206 e. The minimum absolute atomic E-state index is 0.00559. The molecule has 1 aromatic rings. The number of nitrogens with zero attached hydrogens (tertiary/aromatic N) is 3. The van der Waals surface area contributed by atoms with Crippen molar-refractivity contribution in [2.45, 2.75) is 58.1 Å². The van der Waals surface area contributed by atoms with E-state index in [2.05, 4.69) is 61.8 Å². The number of anilines is 2. The maximum absolute atomic E-state index is 14.1. The van der Waals surface area contributed by atoms with Crippen molar-refractivity contribution in [2.75, 3.05) is 62.4 Å². The topological polar surface area (TPSA) is 54.9 Å². The first kappa shape index (κ1) is 27.7. The summed E-state index contributed by atoms with van der Waals surface area (Å²) < 4.78 is 12.3. The Kier molecular flexibility index (Phi) is 8.25. The normalized spacial score (nSPS) is 18.8. The van der Waals surface area contributed by atoms with Crippen LogP contribution in [0.5, 0.6) is 0 Å². The average Bonchev–Trinajstić information content (AvgIpc) is 2.91. The van der Waals surface area contributed by atoms with Crippen LogP contribution in [-0.4, -0.2) is 62.3 Å². The Morgan fingerprint density at radius 2 is 1.66 bits per heavy atom. The molecule has 1 unspecified atom stereocenters. The number of rotatable bonds is 8. The summed E-state index contributed by atoms with van der Waals surface area (Å²) in [7, 11) is 0. The van der Waals surface area contributed by atoms with E-state index in [1.807, 2.05) is 0 Å². The van der Waals surface area contributed by atoms with Crippen molar-refractivity contribution >= 4 is 45.6 Å². The van der Waals surface area contributed by atoms with Crippen LogP contribution in [-0.2, 0) is 15.9 Å². The second-order valence-electron chi connectivity index (χ2n) is 11.8. The van der Waals surface area contributed by atoms with Crippen LogP contribution >= 0.6 is 24.0 Å². The van der Waals surface area contributed by atoms with E-state index < -0.39 is 0 Å². The molecule has 1 aliphatic carbocycles. The van der Waals surface area contributed by atoms with Crippen molar-refractivity contribution in [3.8, 4) is 10.6 Å². The molecule has 2 fully saturated rings. The van der Waals surface area contributed by atoms with Gasteiger partial charge in [0.2, 0.25) is 5.43 Å². The molecule has 206 valence electrons. The van der Waals surface area contributed by atoms with Crippen LogP contribution in [0.4, 0.5) is 11.4 Å². The number of morpholine rings is 2. The molecule has 8 heteroatoms. The van der Waals surface area contributed by atoms with Crippen LogP contribution in [0.2, 0.25) is 0 Å². The number of benzene rings is 2. The van der Waals surface area contributed by atoms with Crippen LogP contribution in [0.25, 0.3) is 20.8 Å². The van der Waals surface area contributed by atoms with Gasteiger partial charge in [0, 0.05) is 42.2 Å². The zero-order chi connectivity index (χ0) is 26.9. The summed E-state index contributed by atoms with van der Waals surface area (Å²) in [5, 5.41) is 0. The van der Waals surface area contributed by atoms with E-state index in [1.165, 1.54) is 5.69 Å². The molecule has 0 bridgehead atoms. The van der Waals surface area contributed by atoms with Crippen molar-refractivity contribution in [3.05, 3.63) is 40.1 Å². The summed E-state index contributed by atoms with van der Waals surface area (Å²) in [5.74, 6) is 0. The van der Waals surface area contributed by atoms with E-state index in [9.17, 15) is 4.79 Å². The van der Waals surface area contributed by atoms with E-state index >= 15 is 0 Å². The molecule has 0 amide bonds. The molecule has 4 aliphatic rings. The van der Waals surface area contributed by atoms with Gasteiger partial charge in [-0.3, -0.25) is 4.79 Å². The van der Waals surface area contributed by atoms with Crippen molar-refractivity contribution < 1.29 is 9.47 Å². The zero-order valence-electron chi connectivity index (χ0n) is 23.2. The van der Waals surface area contributed by atoms with Gasteiger partial charge in [-0.15, -0.1) is 11.3 Å². The van der Waals surface area contributed by atoms with E-state index in [4.69, 9.17) is 27.1 Å². The maximum Gasteiger partial charge on any atom is 0.206 e. The van der Waals surface area contributed by atoms with Crippen LogP contribution in [0.1, 0.15) is 52.5 Å². The van der Waals surface area contributed by atoms with Crippen LogP contribution < -0.4 is 15.2 Å². The molecule has 1 atom stereocenters. The minimum atomic E-state index is -0.00559. The average molecular weight is 556 g/mol. The fourth-order valence-corrected chi connectivity index (χ4v) is 7.34. The van der Waals surface area contributed by atoms with Gasteiger partial charge in [0.25, 0.3) is 0 Å². The van der Waals surface area contributed by atoms with E-state index in [0.717, 1.165) is 97.1 Å². The highest BCUT2D eigenvalue weighted by Crippen LogP contribution is 2.40. The molecule has 1 aromatic carbocycles. The van der Waals surface area contributed by atoms with Gasteiger partial charge in [0.1, 0.15) is 5.69 Å². The number of fused-ring (bicyclic) bond motifs is 2. The molecule has 0 radical (unpaired) electrons. The third-order valence-electron chi connectivity index (χ3n) is 8.06. The number of hydrogen-bond acceptors (Lipinski definition) is 8. The van der Waals surface area contributed by atoms with Gasteiger partial charge in [-0.1, -0.05) is 27.7 Å². The monoisotopic (exact) mass is 555 g/mol. The highest BCUT2D eigenvalue weighted by Gasteiger charge is 2.30. The molecule has 3 heterocycles. The zero-order valence-corrected chi connectivity index (χ0v) is 24.9. The van der Waals surface area contributed by atoms with Crippen molar-refractivity contribution in [1.82, 2.24) is 4.98 Å². The third-order valence-corrected chi connectivity index (χ3v) is 9.69. The van der Waals surface area contributed by atoms with Crippen molar-refractivity contribution in [2.24, 2.45) is 5.41 Å². The SMILES string of the molecule is CCC(C)(S)CC(C)(C)CCc1cc2nc3ccc(N4CCOCC4)cc3sc-2c(N2CCOCC2)c1=O. The number of thiol groups is 1. The first-order valence-corrected chi connectivity index (χ1v) is 15.2. The predicted octanol–water partition coefficient (Wildman–Crippen LogP) is 5.88. The van der Waals surface area contributed by atoms with Crippen LogP contribution in [0, 0.1) is 5.41 Å². The molecular weight excluding hydrogens is 514 g/mol. The lowest BCUT2D eigenvalue weighted by Gasteiger charge is -2.34. The van der Waals surface area contributed by atoms with Gasteiger partial charge in [-0.25, -0.2) is 4.98 Å². The first-order valence-electron chi connectivity index (χ1n) is 13.9. The summed E-state index contributed by atoms with van der Waals surface area (Å²) in [6, 6.07) is 8.57. The Labute approximate surface area is 236 Å². The summed E-state index contributed by atoms with van der Waals surface area (Å²) in [4.78, 5) is 24.7. The summed E-state index contributed by atoms with van der Waals surface area (Å²) in [5.41, 5.74) is 5.00. The quantitative estimate of drug-likeness (QED) is 0.277. The van der Waals surface area contributed by atoms with Gasteiger partial charge in [0.05, 0.1) is 47.2 Å². The number of ether oxygens (including phenoxy) is 2.